The van der Waals surface area contributed by atoms with Gasteiger partial charge in [-0.25, -0.2) is 9.18 Å². The van der Waals surface area contributed by atoms with Gasteiger partial charge in [-0.15, -0.1) is 0 Å². The van der Waals surface area contributed by atoms with Crippen LogP contribution in [0.4, 0.5) is 15.0 Å². The van der Waals surface area contributed by atoms with Gasteiger partial charge in [0.15, 0.2) is 5.82 Å². The first-order valence-electron chi connectivity index (χ1n) is 8.99. The number of aryl methyl sites for hydroxylation is 1. The highest BCUT2D eigenvalue weighted by Crippen LogP contribution is 2.22. The molecule has 8 nitrogen and oxygen atoms in total. The van der Waals surface area contributed by atoms with Crippen LogP contribution < -0.4 is 10.2 Å². The van der Waals surface area contributed by atoms with Crippen molar-refractivity contribution in [3.63, 3.8) is 0 Å². The Balaban J connectivity index is 1.38. The highest BCUT2D eigenvalue weighted by atomic mass is 19.1. The molecule has 0 bridgehead atoms. The molecule has 1 unspecified atom stereocenters. The van der Waals surface area contributed by atoms with Gasteiger partial charge in [0.05, 0.1) is 12.3 Å². The normalized spacial score (nSPS) is 27.3. The van der Waals surface area contributed by atoms with Gasteiger partial charge < -0.3 is 10.7 Å². The average Bonchev–Trinajstić information content (AvgIpc) is 3.35. The molecule has 1 aromatic rings. The zero-order valence-electron chi connectivity index (χ0n) is 15.1. The number of nitrogens with one attached hydrogen (secondary N) is 2. The summed E-state index contributed by atoms with van der Waals surface area (Å²) >= 11 is 0. The van der Waals surface area contributed by atoms with Crippen molar-refractivity contribution in [2.75, 3.05) is 24.5 Å². The molecule has 3 aliphatic heterocycles. The lowest BCUT2D eigenvalue weighted by atomic mass is 10.1. The van der Waals surface area contributed by atoms with Crippen molar-refractivity contribution in [1.82, 2.24) is 20.0 Å². The van der Waals surface area contributed by atoms with E-state index in [-0.39, 0.29) is 12.2 Å². The highest BCUT2D eigenvalue weighted by molar-refractivity contribution is 6.20. The van der Waals surface area contributed by atoms with E-state index in [2.05, 4.69) is 15.4 Å². The van der Waals surface area contributed by atoms with E-state index in [9.17, 15) is 9.18 Å². The molecule has 0 aliphatic carbocycles. The molecule has 0 spiro atoms. The number of likely N-dealkylation sites (tertiary alicyclic amines) is 1. The molecule has 4 rings (SSSR count). The standard InChI is InChI=1S/C18H22FN7O/c1-24-6-5-17(23-24)26-11-14(22-18(26)27)8-15(20)12-2-3-16(21-9-12)25-7-4-13(19)10-25/h2,5-6,8-9,13,16,20H,3-4,7,10-11H2,1H3,(H,22,27)/b14-8-,20-15?/t13-,16?/m0/s1. The molecular weight excluding hydrogens is 349 g/mol. The second-order valence-corrected chi connectivity index (χ2v) is 6.98. The Hall–Kier alpha value is -2.81. The Morgan fingerprint density at radius 1 is 1.48 bits per heavy atom. The number of amides is 2. The van der Waals surface area contributed by atoms with Gasteiger partial charge in [0.2, 0.25) is 0 Å². The number of dihydropyridines is 1. The van der Waals surface area contributed by atoms with Gasteiger partial charge >= 0.3 is 6.03 Å². The number of hydrogen-bond acceptors (Lipinski definition) is 5. The Morgan fingerprint density at radius 2 is 2.33 bits per heavy atom. The van der Waals surface area contributed by atoms with Gasteiger partial charge in [0.25, 0.3) is 0 Å². The van der Waals surface area contributed by atoms with Crippen molar-refractivity contribution in [2.24, 2.45) is 12.0 Å². The van der Waals surface area contributed by atoms with Crippen LogP contribution in [0.15, 0.2) is 40.7 Å². The quantitative estimate of drug-likeness (QED) is 0.788. The molecular formula is C18H22FN7O. The van der Waals surface area contributed by atoms with Gasteiger partial charge in [-0.3, -0.25) is 19.5 Å². The summed E-state index contributed by atoms with van der Waals surface area (Å²) in [7, 11) is 1.79. The minimum Gasteiger partial charge on any atom is -0.309 e. The van der Waals surface area contributed by atoms with E-state index in [4.69, 9.17) is 5.41 Å². The third kappa shape index (κ3) is 3.68. The van der Waals surface area contributed by atoms with Crippen LogP contribution >= 0.6 is 0 Å². The first kappa shape index (κ1) is 17.6. The minimum atomic E-state index is -0.762. The lowest BCUT2D eigenvalue weighted by Crippen LogP contribution is -2.33. The van der Waals surface area contributed by atoms with Crippen LogP contribution in [0.25, 0.3) is 0 Å². The summed E-state index contributed by atoms with van der Waals surface area (Å²) in [6.45, 7) is 1.50. The van der Waals surface area contributed by atoms with E-state index in [0.29, 0.717) is 48.7 Å². The first-order valence-corrected chi connectivity index (χ1v) is 8.99. The lowest BCUT2D eigenvalue weighted by Gasteiger charge is -2.25. The summed E-state index contributed by atoms with van der Waals surface area (Å²) in [5, 5.41) is 15.3. The third-order valence-electron chi connectivity index (χ3n) is 4.96. The fourth-order valence-corrected chi connectivity index (χ4v) is 3.51. The molecule has 2 amide bonds. The Bertz CT molecular complexity index is 856. The summed E-state index contributed by atoms with van der Waals surface area (Å²) in [4.78, 5) is 20.2. The molecule has 9 heteroatoms. The Morgan fingerprint density at radius 3 is 2.96 bits per heavy atom. The van der Waals surface area contributed by atoms with Crippen LogP contribution in [0.3, 0.4) is 0 Å². The van der Waals surface area contributed by atoms with E-state index in [1.54, 1.807) is 36.3 Å². The van der Waals surface area contributed by atoms with Gasteiger partial charge in [0, 0.05) is 56.3 Å². The molecule has 2 atom stereocenters. The SMILES string of the molecule is Cn1ccc(N2C/C(=C/C(=N)C3=CCC(N4CC[C@H](F)C4)N=C3)NC2=O)n1. The van der Waals surface area contributed by atoms with Crippen LogP contribution in [-0.2, 0) is 7.05 Å². The molecule has 0 saturated carbocycles. The fraction of sp³-hybridized carbons (Fsp3) is 0.444. The molecule has 0 radical (unpaired) electrons. The van der Waals surface area contributed by atoms with Crippen molar-refractivity contribution in [3.05, 3.63) is 35.7 Å². The smallest absolute Gasteiger partial charge is 0.309 e. The second kappa shape index (κ2) is 7.07. The number of allylic oxidation sites excluding steroid dienone is 2. The number of carbonyl (C=O) groups excluding carboxylic acids is 1. The largest absolute Gasteiger partial charge is 0.327 e. The molecule has 27 heavy (non-hydrogen) atoms. The maximum Gasteiger partial charge on any atom is 0.327 e. The fourth-order valence-electron chi connectivity index (χ4n) is 3.51. The molecule has 1 aromatic heterocycles. The van der Waals surface area contributed by atoms with Gasteiger partial charge in [-0.2, -0.15) is 5.10 Å². The topological polar surface area (TPSA) is 89.6 Å². The zero-order valence-corrected chi connectivity index (χ0v) is 15.1. The van der Waals surface area contributed by atoms with Crippen LogP contribution in [0.1, 0.15) is 12.8 Å². The predicted molar refractivity (Wildman–Crippen MR) is 101 cm³/mol. The number of nitrogens with zero attached hydrogens (tertiary/aromatic N) is 5. The number of anilines is 1. The number of aliphatic imine (C=N–C) groups is 1. The summed E-state index contributed by atoms with van der Waals surface area (Å²) in [6.07, 6.45) is 7.47. The van der Waals surface area contributed by atoms with Crippen LogP contribution in [0, 0.1) is 5.41 Å². The van der Waals surface area contributed by atoms with Crippen molar-refractivity contribution >= 4 is 23.8 Å². The van der Waals surface area contributed by atoms with Gasteiger partial charge in [-0.1, -0.05) is 6.08 Å². The maximum atomic E-state index is 13.4. The number of urea groups is 1. The third-order valence-corrected chi connectivity index (χ3v) is 4.96. The minimum absolute atomic E-state index is 0.0409. The number of carbonyl (C=O) groups is 1. The molecule has 3 aliphatic rings. The predicted octanol–water partition coefficient (Wildman–Crippen LogP) is 1.62. The molecule has 0 aromatic carbocycles. The van der Waals surface area contributed by atoms with E-state index in [0.717, 1.165) is 6.54 Å². The number of aromatic nitrogens is 2. The number of rotatable bonds is 4. The summed E-state index contributed by atoms with van der Waals surface area (Å²) < 4.78 is 15.0. The summed E-state index contributed by atoms with van der Waals surface area (Å²) in [6, 6.07) is 1.51. The van der Waals surface area contributed by atoms with Crippen molar-refractivity contribution < 1.29 is 9.18 Å². The van der Waals surface area contributed by atoms with Crippen molar-refractivity contribution in [3.8, 4) is 0 Å². The van der Waals surface area contributed by atoms with Crippen LogP contribution in [-0.4, -0.2) is 64.6 Å². The van der Waals surface area contributed by atoms with Crippen molar-refractivity contribution in [1.29, 1.82) is 5.41 Å². The molecule has 2 fully saturated rings. The summed E-state index contributed by atoms with van der Waals surface area (Å²) in [5.41, 5.74) is 1.65. The number of hydrogen-bond donors (Lipinski definition) is 2. The van der Waals surface area contributed by atoms with Gasteiger partial charge in [0.1, 0.15) is 12.3 Å². The summed E-state index contributed by atoms with van der Waals surface area (Å²) in [5.74, 6) is 0.572. The first-order chi connectivity index (χ1) is 13.0. The van der Waals surface area contributed by atoms with E-state index < -0.39 is 6.17 Å². The maximum absolute atomic E-state index is 13.4. The lowest BCUT2D eigenvalue weighted by molar-refractivity contribution is 0.226. The average molecular weight is 371 g/mol. The molecule has 142 valence electrons. The highest BCUT2D eigenvalue weighted by Gasteiger charge is 2.29. The Labute approximate surface area is 156 Å². The molecule has 2 saturated heterocycles. The van der Waals surface area contributed by atoms with E-state index >= 15 is 0 Å². The molecule has 2 N–H and O–H groups in total. The van der Waals surface area contributed by atoms with Crippen LogP contribution in [0.5, 0.6) is 0 Å². The second-order valence-electron chi connectivity index (χ2n) is 6.98. The van der Waals surface area contributed by atoms with Gasteiger partial charge in [-0.05, 0) is 12.5 Å². The number of halogens is 1. The van der Waals surface area contributed by atoms with Crippen molar-refractivity contribution in [2.45, 2.75) is 25.2 Å². The zero-order chi connectivity index (χ0) is 19.0. The van der Waals surface area contributed by atoms with E-state index in [1.807, 2.05) is 11.0 Å². The monoisotopic (exact) mass is 371 g/mol. The van der Waals surface area contributed by atoms with Crippen LogP contribution in [0.2, 0.25) is 0 Å². The Kier molecular flexibility index (Phi) is 4.61. The molecule has 4 heterocycles. The number of alkyl halides is 1. The van der Waals surface area contributed by atoms with E-state index in [1.165, 1.54) is 4.90 Å².